The van der Waals surface area contributed by atoms with Gasteiger partial charge in [-0.2, -0.15) is 0 Å². The SMILES string of the molecule is CCCCC(C)C(NC)c1cc(C)c(F)cc1F. The Bertz CT molecular complexity index is 390. The summed E-state index contributed by atoms with van der Waals surface area (Å²) >= 11 is 0. The van der Waals surface area contributed by atoms with Gasteiger partial charge >= 0.3 is 0 Å². The first kappa shape index (κ1) is 15.1. The van der Waals surface area contributed by atoms with Crippen LogP contribution in [-0.2, 0) is 0 Å². The fourth-order valence-electron chi connectivity index (χ4n) is 2.36. The lowest BCUT2D eigenvalue weighted by Gasteiger charge is -2.25. The largest absolute Gasteiger partial charge is 0.313 e. The van der Waals surface area contributed by atoms with E-state index in [1.807, 2.05) is 7.05 Å². The molecule has 1 N–H and O–H groups in total. The first-order valence-electron chi connectivity index (χ1n) is 6.64. The van der Waals surface area contributed by atoms with Gasteiger partial charge in [0.05, 0.1) is 0 Å². The molecule has 0 aliphatic heterocycles. The average Bonchev–Trinajstić information content (AvgIpc) is 2.33. The zero-order chi connectivity index (χ0) is 13.7. The van der Waals surface area contributed by atoms with Crippen molar-refractivity contribution in [2.45, 2.75) is 46.1 Å². The van der Waals surface area contributed by atoms with E-state index in [4.69, 9.17) is 0 Å². The molecule has 1 rings (SSSR count). The molecule has 0 aliphatic rings. The second-order valence-electron chi connectivity index (χ2n) is 5.01. The fourth-order valence-corrected chi connectivity index (χ4v) is 2.36. The van der Waals surface area contributed by atoms with E-state index < -0.39 is 11.6 Å². The molecule has 0 aromatic heterocycles. The topological polar surface area (TPSA) is 12.0 Å². The molecule has 0 saturated carbocycles. The van der Waals surface area contributed by atoms with Crippen molar-refractivity contribution >= 4 is 0 Å². The number of rotatable bonds is 6. The standard InChI is InChI=1S/C15H23F2N/c1-5-6-7-10(2)15(18-4)12-8-11(3)13(16)9-14(12)17/h8-10,15,18H,5-7H2,1-4H3. The number of halogens is 2. The van der Waals surface area contributed by atoms with Crippen molar-refractivity contribution in [1.29, 1.82) is 0 Å². The van der Waals surface area contributed by atoms with E-state index in [-0.39, 0.29) is 6.04 Å². The van der Waals surface area contributed by atoms with Gasteiger partial charge in [-0.05, 0) is 37.9 Å². The summed E-state index contributed by atoms with van der Waals surface area (Å²) < 4.78 is 27.1. The summed E-state index contributed by atoms with van der Waals surface area (Å²) in [6, 6.07) is 2.55. The second-order valence-corrected chi connectivity index (χ2v) is 5.01. The summed E-state index contributed by atoms with van der Waals surface area (Å²) in [5, 5.41) is 3.15. The number of hydrogen-bond donors (Lipinski definition) is 1. The van der Waals surface area contributed by atoms with Crippen LogP contribution < -0.4 is 5.32 Å². The number of hydrogen-bond acceptors (Lipinski definition) is 1. The van der Waals surface area contributed by atoms with Crippen molar-refractivity contribution in [3.63, 3.8) is 0 Å². The lowest BCUT2D eigenvalue weighted by atomic mass is 9.89. The van der Waals surface area contributed by atoms with Gasteiger partial charge in [0.25, 0.3) is 0 Å². The summed E-state index contributed by atoms with van der Waals surface area (Å²) in [7, 11) is 1.82. The normalized spacial score (nSPS) is 14.6. The Labute approximate surface area is 109 Å². The van der Waals surface area contributed by atoms with Crippen LogP contribution in [-0.4, -0.2) is 7.05 Å². The Morgan fingerprint density at radius 1 is 1.22 bits per heavy atom. The van der Waals surface area contributed by atoms with Crippen LogP contribution in [0.3, 0.4) is 0 Å². The summed E-state index contributed by atoms with van der Waals surface area (Å²) in [4.78, 5) is 0. The van der Waals surface area contributed by atoms with Crippen LogP contribution in [0.2, 0.25) is 0 Å². The highest BCUT2D eigenvalue weighted by Gasteiger charge is 2.21. The molecular weight excluding hydrogens is 232 g/mol. The third kappa shape index (κ3) is 3.52. The number of nitrogens with one attached hydrogen (secondary N) is 1. The molecular formula is C15H23F2N. The van der Waals surface area contributed by atoms with Crippen LogP contribution in [0.25, 0.3) is 0 Å². The fraction of sp³-hybridized carbons (Fsp3) is 0.600. The van der Waals surface area contributed by atoms with Crippen LogP contribution in [0.5, 0.6) is 0 Å². The van der Waals surface area contributed by atoms with Crippen molar-refractivity contribution in [2.24, 2.45) is 5.92 Å². The van der Waals surface area contributed by atoms with E-state index in [0.29, 0.717) is 17.0 Å². The maximum absolute atomic E-state index is 13.9. The Balaban J connectivity index is 2.97. The molecule has 3 heteroatoms. The van der Waals surface area contributed by atoms with Crippen molar-refractivity contribution in [3.05, 3.63) is 34.9 Å². The summed E-state index contributed by atoms with van der Waals surface area (Å²) in [5.74, 6) is -0.609. The van der Waals surface area contributed by atoms with Crippen LogP contribution in [0.1, 0.15) is 50.3 Å². The van der Waals surface area contributed by atoms with Gasteiger partial charge in [-0.3, -0.25) is 0 Å². The van der Waals surface area contributed by atoms with Crippen LogP contribution >= 0.6 is 0 Å². The highest BCUT2D eigenvalue weighted by Crippen LogP contribution is 2.29. The van der Waals surface area contributed by atoms with Gasteiger partial charge < -0.3 is 5.32 Å². The van der Waals surface area contributed by atoms with Gasteiger partial charge in [0, 0.05) is 17.7 Å². The molecule has 0 bridgehead atoms. The minimum absolute atomic E-state index is 0.0594. The van der Waals surface area contributed by atoms with Crippen molar-refractivity contribution < 1.29 is 8.78 Å². The highest BCUT2D eigenvalue weighted by molar-refractivity contribution is 5.28. The molecule has 2 unspecified atom stereocenters. The molecule has 102 valence electrons. The Hall–Kier alpha value is -0.960. The zero-order valence-electron chi connectivity index (χ0n) is 11.7. The number of benzene rings is 1. The summed E-state index contributed by atoms with van der Waals surface area (Å²) in [5.41, 5.74) is 1.06. The molecule has 18 heavy (non-hydrogen) atoms. The molecule has 0 fully saturated rings. The van der Waals surface area contributed by atoms with Crippen LogP contribution in [0.15, 0.2) is 12.1 Å². The van der Waals surface area contributed by atoms with E-state index in [1.54, 1.807) is 13.0 Å². The number of unbranched alkanes of at least 4 members (excludes halogenated alkanes) is 1. The van der Waals surface area contributed by atoms with Gasteiger partial charge in [0.15, 0.2) is 0 Å². The third-order valence-corrected chi connectivity index (χ3v) is 3.51. The van der Waals surface area contributed by atoms with Crippen molar-refractivity contribution in [2.75, 3.05) is 7.05 Å². The van der Waals surface area contributed by atoms with Crippen LogP contribution in [0, 0.1) is 24.5 Å². The second kappa shape index (κ2) is 6.83. The third-order valence-electron chi connectivity index (χ3n) is 3.51. The number of aryl methyl sites for hydroxylation is 1. The average molecular weight is 255 g/mol. The van der Waals surface area contributed by atoms with Gasteiger partial charge in [-0.1, -0.05) is 26.7 Å². The molecule has 1 aromatic rings. The zero-order valence-corrected chi connectivity index (χ0v) is 11.7. The predicted molar refractivity (Wildman–Crippen MR) is 71.6 cm³/mol. The first-order chi connectivity index (χ1) is 8.51. The van der Waals surface area contributed by atoms with E-state index in [0.717, 1.165) is 25.3 Å². The lowest BCUT2D eigenvalue weighted by molar-refractivity contribution is 0.365. The molecule has 0 radical (unpaired) electrons. The van der Waals surface area contributed by atoms with E-state index in [9.17, 15) is 8.78 Å². The molecule has 0 spiro atoms. The predicted octanol–water partition coefficient (Wildman–Crippen LogP) is 4.36. The van der Waals surface area contributed by atoms with Gasteiger partial charge in [-0.25, -0.2) is 8.78 Å². The van der Waals surface area contributed by atoms with E-state index >= 15 is 0 Å². The smallest absolute Gasteiger partial charge is 0.130 e. The maximum Gasteiger partial charge on any atom is 0.130 e. The van der Waals surface area contributed by atoms with E-state index in [1.165, 1.54) is 0 Å². The Kier molecular flexibility index (Phi) is 5.73. The molecule has 1 aromatic carbocycles. The first-order valence-corrected chi connectivity index (χ1v) is 6.64. The minimum atomic E-state index is -0.479. The Morgan fingerprint density at radius 3 is 2.44 bits per heavy atom. The van der Waals surface area contributed by atoms with Crippen LogP contribution in [0.4, 0.5) is 8.78 Å². The van der Waals surface area contributed by atoms with Gasteiger partial charge in [0.2, 0.25) is 0 Å². The molecule has 1 nitrogen and oxygen atoms in total. The van der Waals surface area contributed by atoms with Crippen molar-refractivity contribution in [1.82, 2.24) is 5.32 Å². The minimum Gasteiger partial charge on any atom is -0.313 e. The van der Waals surface area contributed by atoms with Gasteiger partial charge in [-0.15, -0.1) is 0 Å². The molecule has 0 amide bonds. The summed E-state index contributed by atoms with van der Waals surface area (Å²) in [6.07, 6.45) is 3.30. The Morgan fingerprint density at radius 2 is 1.89 bits per heavy atom. The molecule has 2 atom stereocenters. The monoisotopic (exact) mass is 255 g/mol. The molecule has 0 aliphatic carbocycles. The van der Waals surface area contributed by atoms with E-state index in [2.05, 4.69) is 19.2 Å². The maximum atomic E-state index is 13.9. The molecule has 0 saturated heterocycles. The van der Waals surface area contributed by atoms with Gasteiger partial charge in [0.1, 0.15) is 11.6 Å². The lowest BCUT2D eigenvalue weighted by Crippen LogP contribution is -2.25. The molecule has 0 heterocycles. The quantitative estimate of drug-likeness (QED) is 0.796. The highest BCUT2D eigenvalue weighted by atomic mass is 19.1. The summed E-state index contributed by atoms with van der Waals surface area (Å²) in [6.45, 7) is 5.92. The van der Waals surface area contributed by atoms with Crippen molar-refractivity contribution in [3.8, 4) is 0 Å².